The molecular formula is C9H9BrN4O2. The summed E-state index contributed by atoms with van der Waals surface area (Å²) in [6.45, 7) is 1.80. The van der Waals surface area contributed by atoms with Gasteiger partial charge in [0.1, 0.15) is 12.2 Å². The van der Waals surface area contributed by atoms with Crippen LogP contribution in [0.3, 0.4) is 0 Å². The van der Waals surface area contributed by atoms with Gasteiger partial charge < -0.3 is 9.73 Å². The number of nitrogens with one attached hydrogen (secondary N) is 2. The first-order valence-electron chi connectivity index (χ1n) is 4.58. The summed E-state index contributed by atoms with van der Waals surface area (Å²) >= 11 is 3.13. The van der Waals surface area contributed by atoms with E-state index in [-0.39, 0.29) is 17.7 Å². The van der Waals surface area contributed by atoms with E-state index in [0.29, 0.717) is 10.5 Å². The van der Waals surface area contributed by atoms with Crippen molar-refractivity contribution in [3.63, 3.8) is 0 Å². The maximum Gasteiger partial charge on any atom is 0.287 e. The van der Waals surface area contributed by atoms with Crippen molar-refractivity contribution in [2.24, 2.45) is 0 Å². The van der Waals surface area contributed by atoms with E-state index in [1.165, 1.54) is 6.33 Å². The summed E-state index contributed by atoms with van der Waals surface area (Å²) in [5, 5.41) is 9.12. The minimum Gasteiger partial charge on any atom is -0.444 e. The number of carbonyl (C=O) groups excluding carboxylic acids is 1. The van der Waals surface area contributed by atoms with Crippen LogP contribution in [-0.4, -0.2) is 21.1 Å². The van der Waals surface area contributed by atoms with Gasteiger partial charge in [-0.3, -0.25) is 9.89 Å². The number of furan rings is 1. The zero-order valence-electron chi connectivity index (χ0n) is 8.40. The van der Waals surface area contributed by atoms with Gasteiger partial charge in [-0.05, 0) is 35.0 Å². The summed E-state index contributed by atoms with van der Waals surface area (Å²) in [4.78, 5) is 15.6. The van der Waals surface area contributed by atoms with Crippen LogP contribution in [0.25, 0.3) is 0 Å². The highest BCUT2D eigenvalue weighted by Gasteiger charge is 2.15. The molecule has 2 aromatic rings. The summed E-state index contributed by atoms with van der Waals surface area (Å²) in [6.07, 6.45) is 1.39. The average molecular weight is 285 g/mol. The molecule has 0 saturated heterocycles. The van der Waals surface area contributed by atoms with Crippen molar-refractivity contribution < 1.29 is 9.21 Å². The minimum absolute atomic E-state index is 0.248. The average Bonchev–Trinajstić information content (AvgIpc) is 2.87. The summed E-state index contributed by atoms with van der Waals surface area (Å²) in [5.41, 5.74) is 0. The summed E-state index contributed by atoms with van der Waals surface area (Å²) < 4.78 is 5.64. The molecule has 16 heavy (non-hydrogen) atoms. The van der Waals surface area contributed by atoms with Crippen molar-refractivity contribution in [3.05, 3.63) is 34.7 Å². The Balaban J connectivity index is 2.03. The third-order valence-electron chi connectivity index (χ3n) is 1.99. The predicted molar refractivity (Wildman–Crippen MR) is 58.7 cm³/mol. The lowest BCUT2D eigenvalue weighted by Crippen LogP contribution is -2.27. The van der Waals surface area contributed by atoms with Crippen molar-refractivity contribution in [2.75, 3.05) is 0 Å². The highest BCUT2D eigenvalue weighted by Crippen LogP contribution is 2.15. The van der Waals surface area contributed by atoms with Crippen LogP contribution in [0, 0.1) is 0 Å². The number of aromatic amines is 1. The zero-order valence-corrected chi connectivity index (χ0v) is 9.98. The van der Waals surface area contributed by atoms with E-state index in [1.807, 2.05) is 0 Å². The van der Waals surface area contributed by atoms with Crippen LogP contribution in [0.2, 0.25) is 0 Å². The van der Waals surface area contributed by atoms with E-state index in [2.05, 4.69) is 36.4 Å². The first-order valence-corrected chi connectivity index (χ1v) is 5.37. The Morgan fingerprint density at radius 2 is 2.44 bits per heavy atom. The van der Waals surface area contributed by atoms with Gasteiger partial charge in [0.05, 0.1) is 6.04 Å². The van der Waals surface area contributed by atoms with Crippen molar-refractivity contribution in [1.82, 2.24) is 20.5 Å². The highest BCUT2D eigenvalue weighted by molar-refractivity contribution is 9.10. The van der Waals surface area contributed by atoms with Crippen molar-refractivity contribution in [3.8, 4) is 0 Å². The predicted octanol–water partition coefficient (Wildman–Crippen LogP) is 1.65. The van der Waals surface area contributed by atoms with E-state index < -0.39 is 0 Å². The van der Waals surface area contributed by atoms with Gasteiger partial charge in [-0.2, -0.15) is 5.10 Å². The Hall–Kier alpha value is -1.63. The quantitative estimate of drug-likeness (QED) is 0.898. The maximum absolute atomic E-state index is 11.7. The van der Waals surface area contributed by atoms with Crippen LogP contribution in [0.1, 0.15) is 29.3 Å². The molecule has 0 bridgehead atoms. The largest absolute Gasteiger partial charge is 0.444 e. The molecule has 2 aromatic heterocycles. The topological polar surface area (TPSA) is 83.8 Å². The molecule has 1 amide bonds. The number of amides is 1. The fourth-order valence-electron chi connectivity index (χ4n) is 1.20. The highest BCUT2D eigenvalue weighted by atomic mass is 79.9. The van der Waals surface area contributed by atoms with Crippen molar-refractivity contribution in [1.29, 1.82) is 0 Å². The van der Waals surface area contributed by atoms with Gasteiger partial charge >= 0.3 is 0 Å². The van der Waals surface area contributed by atoms with Crippen LogP contribution in [0.5, 0.6) is 0 Å². The first-order chi connectivity index (χ1) is 7.66. The molecule has 6 nitrogen and oxygen atoms in total. The van der Waals surface area contributed by atoms with Crippen LogP contribution >= 0.6 is 15.9 Å². The summed E-state index contributed by atoms with van der Waals surface area (Å²) in [5.74, 6) is 0.548. The molecule has 2 N–H and O–H groups in total. The Kier molecular flexibility index (Phi) is 3.04. The molecule has 0 spiro atoms. The number of hydrogen-bond donors (Lipinski definition) is 2. The van der Waals surface area contributed by atoms with E-state index in [0.717, 1.165) is 0 Å². The molecule has 2 heterocycles. The molecule has 84 valence electrons. The molecule has 7 heteroatoms. The van der Waals surface area contributed by atoms with Crippen molar-refractivity contribution in [2.45, 2.75) is 13.0 Å². The van der Waals surface area contributed by atoms with E-state index >= 15 is 0 Å². The van der Waals surface area contributed by atoms with E-state index in [9.17, 15) is 4.79 Å². The molecule has 1 atom stereocenters. The van der Waals surface area contributed by atoms with E-state index in [1.54, 1.807) is 19.1 Å². The Labute approximate surface area is 99.6 Å². The summed E-state index contributed by atoms with van der Waals surface area (Å²) in [7, 11) is 0. The van der Waals surface area contributed by atoms with Crippen LogP contribution in [-0.2, 0) is 0 Å². The third-order valence-corrected chi connectivity index (χ3v) is 2.41. The SMILES string of the molecule is CC(NC(=O)c1ccc(Br)o1)c1ncn[nH]1. The zero-order chi connectivity index (χ0) is 11.5. The van der Waals surface area contributed by atoms with Crippen LogP contribution in [0.4, 0.5) is 0 Å². The van der Waals surface area contributed by atoms with Gasteiger partial charge in [-0.15, -0.1) is 0 Å². The molecule has 0 aromatic carbocycles. The molecule has 0 aliphatic heterocycles. The van der Waals surface area contributed by atoms with Gasteiger partial charge in [0.15, 0.2) is 10.4 Å². The fraction of sp³-hybridized carbons (Fsp3) is 0.222. The number of aromatic nitrogens is 3. The lowest BCUT2D eigenvalue weighted by atomic mass is 10.3. The molecule has 0 fully saturated rings. The second kappa shape index (κ2) is 4.48. The molecule has 0 saturated carbocycles. The lowest BCUT2D eigenvalue weighted by Gasteiger charge is -2.08. The second-order valence-electron chi connectivity index (χ2n) is 3.17. The Morgan fingerprint density at radius 3 is 3.00 bits per heavy atom. The van der Waals surface area contributed by atoms with Crippen molar-refractivity contribution >= 4 is 21.8 Å². The molecule has 0 aliphatic rings. The Morgan fingerprint density at radius 1 is 1.62 bits per heavy atom. The molecule has 0 radical (unpaired) electrons. The number of rotatable bonds is 3. The first kappa shape index (κ1) is 10.9. The minimum atomic E-state index is -0.297. The number of carbonyl (C=O) groups is 1. The molecular weight excluding hydrogens is 276 g/mol. The number of halogens is 1. The van der Waals surface area contributed by atoms with Gasteiger partial charge in [-0.1, -0.05) is 0 Å². The van der Waals surface area contributed by atoms with Gasteiger partial charge in [-0.25, -0.2) is 4.98 Å². The number of nitrogens with zero attached hydrogens (tertiary/aromatic N) is 2. The number of H-pyrrole nitrogens is 1. The van der Waals surface area contributed by atoms with Gasteiger partial charge in [0.25, 0.3) is 5.91 Å². The summed E-state index contributed by atoms with van der Waals surface area (Å²) in [6, 6.07) is 3.00. The van der Waals surface area contributed by atoms with E-state index in [4.69, 9.17) is 4.42 Å². The second-order valence-corrected chi connectivity index (χ2v) is 3.95. The molecule has 2 rings (SSSR count). The van der Waals surface area contributed by atoms with Crippen LogP contribution < -0.4 is 5.32 Å². The standard InChI is InChI=1S/C9H9BrN4O2/c1-5(8-11-4-12-14-8)13-9(15)6-2-3-7(10)16-6/h2-5H,1H3,(H,13,15)(H,11,12,14). The van der Waals surface area contributed by atoms with Gasteiger partial charge in [0.2, 0.25) is 0 Å². The Bertz CT molecular complexity index is 479. The third kappa shape index (κ3) is 2.30. The molecule has 1 unspecified atom stereocenters. The molecule has 0 aliphatic carbocycles. The smallest absolute Gasteiger partial charge is 0.287 e. The monoisotopic (exact) mass is 284 g/mol. The van der Waals surface area contributed by atoms with Gasteiger partial charge in [0, 0.05) is 0 Å². The maximum atomic E-state index is 11.7. The fourth-order valence-corrected chi connectivity index (χ4v) is 1.50. The lowest BCUT2D eigenvalue weighted by molar-refractivity contribution is 0.0909. The number of hydrogen-bond acceptors (Lipinski definition) is 4. The van der Waals surface area contributed by atoms with Crippen LogP contribution in [0.15, 0.2) is 27.5 Å². The normalized spacial score (nSPS) is 12.4.